The van der Waals surface area contributed by atoms with Gasteiger partial charge in [0.05, 0.1) is 23.8 Å². The van der Waals surface area contributed by atoms with E-state index in [-0.39, 0.29) is 12.1 Å². The van der Waals surface area contributed by atoms with Crippen molar-refractivity contribution in [3.05, 3.63) is 52.2 Å². The largest absolute Gasteiger partial charge is 0.339 e. The highest BCUT2D eigenvalue weighted by atomic mass is 16.5. The van der Waals surface area contributed by atoms with Gasteiger partial charge in [-0.15, -0.1) is 0 Å². The van der Waals surface area contributed by atoms with Gasteiger partial charge < -0.3 is 4.52 Å². The lowest BCUT2D eigenvalue weighted by Gasteiger charge is -2.04. The minimum Gasteiger partial charge on any atom is -0.339 e. The van der Waals surface area contributed by atoms with Gasteiger partial charge in [0.1, 0.15) is 0 Å². The zero-order valence-corrected chi connectivity index (χ0v) is 12.9. The summed E-state index contributed by atoms with van der Waals surface area (Å²) in [5, 5.41) is 4.53. The van der Waals surface area contributed by atoms with Crippen LogP contribution in [0.5, 0.6) is 0 Å². The topological polar surface area (TPSA) is 73.8 Å². The summed E-state index contributed by atoms with van der Waals surface area (Å²) in [6.45, 7) is 6.39. The molecule has 0 atom stereocenters. The minimum absolute atomic E-state index is 0.0936. The van der Waals surface area contributed by atoms with Crippen LogP contribution in [-0.2, 0) is 13.0 Å². The quantitative estimate of drug-likeness (QED) is 0.739. The van der Waals surface area contributed by atoms with Crippen molar-refractivity contribution in [1.82, 2.24) is 19.7 Å². The number of rotatable bonds is 4. The standard InChI is InChI=1S/C16H18N4O2/c1-10(2)6-15-18-14(19-22-15)8-20-9-17-13-5-4-11(3)7-12(13)16(20)21/h4-5,7,9-10H,6,8H2,1-3H3. The van der Waals surface area contributed by atoms with Gasteiger partial charge in [-0.3, -0.25) is 9.36 Å². The first kappa shape index (κ1) is 14.4. The molecule has 0 unspecified atom stereocenters. The molecule has 0 N–H and O–H groups in total. The Hall–Kier alpha value is -2.50. The van der Waals surface area contributed by atoms with Crippen LogP contribution < -0.4 is 5.56 Å². The van der Waals surface area contributed by atoms with Gasteiger partial charge in [-0.25, -0.2) is 4.98 Å². The molecule has 1 aromatic carbocycles. The Morgan fingerprint density at radius 3 is 2.91 bits per heavy atom. The number of hydrogen-bond donors (Lipinski definition) is 0. The summed E-state index contributed by atoms with van der Waals surface area (Å²) >= 11 is 0. The van der Waals surface area contributed by atoms with Crippen molar-refractivity contribution in [3.63, 3.8) is 0 Å². The maximum absolute atomic E-state index is 12.5. The molecule has 0 spiro atoms. The van der Waals surface area contributed by atoms with Crippen molar-refractivity contribution < 1.29 is 4.52 Å². The Balaban J connectivity index is 1.92. The number of aromatic nitrogens is 4. The van der Waals surface area contributed by atoms with E-state index >= 15 is 0 Å². The van der Waals surface area contributed by atoms with Crippen LogP contribution in [0.3, 0.4) is 0 Å². The predicted octanol–water partition coefficient (Wildman–Crippen LogP) is 2.33. The molecular formula is C16H18N4O2. The monoisotopic (exact) mass is 298 g/mol. The average Bonchev–Trinajstić information content (AvgIpc) is 2.89. The molecule has 0 saturated carbocycles. The molecule has 0 aliphatic carbocycles. The van der Waals surface area contributed by atoms with Crippen LogP contribution in [0.15, 0.2) is 33.8 Å². The van der Waals surface area contributed by atoms with E-state index in [0.717, 1.165) is 12.0 Å². The normalized spacial score (nSPS) is 11.5. The molecule has 3 rings (SSSR count). The summed E-state index contributed by atoms with van der Waals surface area (Å²) < 4.78 is 6.70. The van der Waals surface area contributed by atoms with Gasteiger partial charge in [0, 0.05) is 6.42 Å². The maximum Gasteiger partial charge on any atom is 0.261 e. The summed E-state index contributed by atoms with van der Waals surface area (Å²) in [5.41, 5.74) is 1.63. The van der Waals surface area contributed by atoms with E-state index in [1.54, 1.807) is 0 Å². The Labute approximate surface area is 127 Å². The summed E-state index contributed by atoms with van der Waals surface area (Å²) in [4.78, 5) is 21.1. The van der Waals surface area contributed by atoms with Crippen molar-refractivity contribution in [2.45, 2.75) is 33.7 Å². The van der Waals surface area contributed by atoms with E-state index < -0.39 is 0 Å². The minimum atomic E-state index is -0.0936. The molecule has 0 bridgehead atoms. The molecule has 0 fully saturated rings. The van der Waals surface area contributed by atoms with Crippen LogP contribution >= 0.6 is 0 Å². The number of benzene rings is 1. The molecule has 3 aromatic rings. The molecule has 2 heterocycles. The van der Waals surface area contributed by atoms with E-state index in [2.05, 4.69) is 29.0 Å². The molecule has 0 aliphatic heterocycles. The van der Waals surface area contributed by atoms with E-state index in [4.69, 9.17) is 4.52 Å². The van der Waals surface area contributed by atoms with Crippen LogP contribution in [0.1, 0.15) is 31.1 Å². The second-order valence-corrected chi connectivity index (χ2v) is 5.90. The van der Waals surface area contributed by atoms with Crippen LogP contribution in [0.2, 0.25) is 0 Å². The second-order valence-electron chi connectivity index (χ2n) is 5.90. The van der Waals surface area contributed by atoms with Crippen LogP contribution in [0.25, 0.3) is 10.9 Å². The van der Waals surface area contributed by atoms with Crippen molar-refractivity contribution in [2.75, 3.05) is 0 Å². The third kappa shape index (κ3) is 2.90. The van der Waals surface area contributed by atoms with Crippen molar-refractivity contribution >= 4 is 10.9 Å². The van der Waals surface area contributed by atoms with Crippen molar-refractivity contribution in [1.29, 1.82) is 0 Å². The number of nitrogens with zero attached hydrogens (tertiary/aromatic N) is 4. The molecule has 114 valence electrons. The van der Waals surface area contributed by atoms with E-state index in [1.165, 1.54) is 10.9 Å². The zero-order valence-electron chi connectivity index (χ0n) is 12.9. The second kappa shape index (κ2) is 5.71. The van der Waals surface area contributed by atoms with Gasteiger partial charge in [0.15, 0.2) is 5.82 Å². The first-order chi connectivity index (χ1) is 10.5. The van der Waals surface area contributed by atoms with Gasteiger partial charge in [-0.1, -0.05) is 30.6 Å². The molecule has 6 nitrogen and oxygen atoms in total. The highest BCUT2D eigenvalue weighted by Gasteiger charge is 2.11. The fraction of sp³-hybridized carbons (Fsp3) is 0.375. The summed E-state index contributed by atoms with van der Waals surface area (Å²) in [6, 6.07) is 5.64. The molecule has 0 amide bonds. The van der Waals surface area contributed by atoms with Crippen LogP contribution in [0.4, 0.5) is 0 Å². The first-order valence-electron chi connectivity index (χ1n) is 7.30. The van der Waals surface area contributed by atoms with Gasteiger partial charge in [-0.05, 0) is 25.0 Å². The van der Waals surface area contributed by atoms with Crippen molar-refractivity contribution in [3.8, 4) is 0 Å². The fourth-order valence-corrected chi connectivity index (χ4v) is 2.32. The van der Waals surface area contributed by atoms with E-state index in [1.807, 2.05) is 25.1 Å². The Bertz CT molecular complexity index is 864. The number of hydrogen-bond acceptors (Lipinski definition) is 5. The highest BCUT2D eigenvalue weighted by Crippen LogP contribution is 2.10. The Kier molecular flexibility index (Phi) is 3.75. The summed E-state index contributed by atoms with van der Waals surface area (Å²) in [7, 11) is 0. The molecule has 2 aromatic heterocycles. The van der Waals surface area contributed by atoms with Crippen molar-refractivity contribution in [2.24, 2.45) is 5.92 Å². The van der Waals surface area contributed by atoms with Gasteiger partial charge >= 0.3 is 0 Å². The molecular weight excluding hydrogens is 280 g/mol. The first-order valence-corrected chi connectivity index (χ1v) is 7.30. The molecule has 22 heavy (non-hydrogen) atoms. The van der Waals surface area contributed by atoms with Gasteiger partial charge in [0.25, 0.3) is 5.56 Å². The molecule has 0 aliphatic rings. The molecule has 6 heteroatoms. The Morgan fingerprint density at radius 1 is 1.32 bits per heavy atom. The van der Waals surface area contributed by atoms with Gasteiger partial charge in [0.2, 0.25) is 5.89 Å². The fourth-order valence-electron chi connectivity index (χ4n) is 2.32. The lowest BCUT2D eigenvalue weighted by Crippen LogP contribution is -2.21. The van der Waals surface area contributed by atoms with E-state index in [0.29, 0.717) is 28.5 Å². The molecule has 0 radical (unpaired) electrons. The third-order valence-electron chi connectivity index (χ3n) is 3.38. The lowest BCUT2D eigenvalue weighted by molar-refractivity contribution is 0.358. The van der Waals surface area contributed by atoms with Crippen LogP contribution in [0, 0.1) is 12.8 Å². The third-order valence-corrected chi connectivity index (χ3v) is 3.38. The zero-order chi connectivity index (χ0) is 15.7. The van der Waals surface area contributed by atoms with Crippen LogP contribution in [-0.4, -0.2) is 19.7 Å². The number of aryl methyl sites for hydroxylation is 1. The highest BCUT2D eigenvalue weighted by molar-refractivity contribution is 5.77. The predicted molar refractivity (Wildman–Crippen MR) is 82.7 cm³/mol. The summed E-state index contributed by atoms with van der Waals surface area (Å²) in [6.07, 6.45) is 2.26. The summed E-state index contributed by atoms with van der Waals surface area (Å²) in [5.74, 6) is 1.54. The Morgan fingerprint density at radius 2 is 2.14 bits per heavy atom. The smallest absolute Gasteiger partial charge is 0.261 e. The average molecular weight is 298 g/mol. The number of fused-ring (bicyclic) bond motifs is 1. The van der Waals surface area contributed by atoms with Gasteiger partial charge in [-0.2, -0.15) is 4.98 Å². The maximum atomic E-state index is 12.5. The SMILES string of the molecule is Cc1ccc2ncn(Cc3noc(CC(C)C)n3)c(=O)c2c1. The molecule has 0 saturated heterocycles. The van der Waals surface area contributed by atoms with E-state index in [9.17, 15) is 4.79 Å². The lowest BCUT2D eigenvalue weighted by atomic mass is 10.1.